The Morgan fingerprint density at radius 3 is 1.09 bits per heavy atom. The van der Waals surface area contributed by atoms with Crippen LogP contribution >= 0.6 is 0 Å². The molecule has 0 aromatic carbocycles. The fraction of sp³-hybridized carbons (Fsp3) is 0.745. The third kappa shape index (κ3) is 36.2. The second kappa shape index (κ2) is 54.1. The minimum atomic E-state index is -1.36. The minimum absolute atomic E-state index is 0. The maximum Gasteiger partial charge on any atom is 0.408 e. The van der Waals surface area contributed by atoms with E-state index in [0.29, 0.717) is 84.0 Å². The maximum absolute atomic E-state index is 13.6. The average molecular weight is 2120 g/mol. The number of carboxylic acid groups (broad SMARTS) is 2. The first kappa shape index (κ1) is 130. The van der Waals surface area contributed by atoms with Gasteiger partial charge in [0.25, 0.3) is 0 Å². The van der Waals surface area contributed by atoms with Crippen molar-refractivity contribution in [3.05, 3.63) is 73.0 Å². The van der Waals surface area contributed by atoms with Crippen LogP contribution in [0.15, 0.2) is 49.6 Å². The number of nitrogens with zero attached hydrogens (tertiary/aromatic N) is 4. The largest absolute Gasteiger partial charge is 0.615 e. The van der Waals surface area contributed by atoms with Gasteiger partial charge in [-0.05, 0) is 207 Å². The summed E-state index contributed by atoms with van der Waals surface area (Å²) in [5.74, 6) is 25.3. The molecule has 20 atom stereocenters. The quantitative estimate of drug-likeness (QED) is 0.0296. The molecule has 4 saturated carbocycles. The number of fused-ring (bicyclic) bond motifs is 4. The Hall–Kier alpha value is -8.22. The van der Waals surface area contributed by atoms with Crippen LogP contribution in [0.3, 0.4) is 0 Å². The van der Waals surface area contributed by atoms with Gasteiger partial charge in [0, 0.05) is 124 Å². The predicted octanol–water partition coefficient (Wildman–Crippen LogP) is 9.62. The third-order valence-electron chi connectivity index (χ3n) is 25.2. The standard InChI is InChI=1S/C24H38N5O5.C24H37N3O6.C23H38N5O5.C23H37N3O6.2H3N2.4V/c1-15-12-18-19(30)27-24(21(32)28-25)13-16(24)10-8-6-5-7-9-11-17(20(31)29(18)14-15)26-22(33)34-23(2,3)4;1-15-12-18-19(28)26-24(21(30)31)13-16(24)10-8-6-5-7-9-11-17(20(29)27(18)14-15)25-22(32)33-23(2,3)4;1-9-14-11-23(14,19(31)27-24)26-17(29)15-10-13(2)12-28(15)18(30)16(21(3,4)5)25-20(32)33-22(6,7)8;1-9-14-11-23(14,19(29)30)25-17(27)15-10-13(2)12-26(15)18(28)16(21(3,4)5)24-20(31)32-22(6,7)8;2*1-2;;;;/h8,10,15-18,25H,5-7,9,11-14H2,1-4H3,(H,26,33)(H,27,30)(H,28,32);8,10,15-18H,5-7,9,11-14H2,1-4H3,(H,25,32)(H,26,28)(H,30,31);9,13-16,24H,1,10-12H2,2-8H3,(H,25,32)(H,26,29)(H,27,31);9,13-16H,1,10-12H2,2-8H3,(H,24,31)(H,25,27)(H,29,30);2*1H,2H2;;;;/q-1;;-1;;2*-1;;;;/b2*10-8-;;;;;;;;/t2*15-,16-,17+,18+,24-;2*13-,14-,15+,16-,23-;;;;;;/m1111....../s1. The molecule has 6 heterocycles. The number of alkyl carbamates (subject to hydrolysis) is 4. The van der Waals surface area contributed by atoms with E-state index in [1.54, 1.807) is 89.2 Å². The fourth-order valence-corrected chi connectivity index (χ4v) is 18.0. The molecule has 4 radical (unpaired) electrons. The van der Waals surface area contributed by atoms with Crippen LogP contribution in [-0.2, 0) is 151 Å². The predicted molar refractivity (Wildman–Crippen MR) is 507 cm³/mol. The van der Waals surface area contributed by atoms with E-state index < -0.39 is 181 Å². The van der Waals surface area contributed by atoms with Gasteiger partial charge in [-0.2, -0.15) is 0 Å². The first-order valence-electron chi connectivity index (χ1n) is 47.0. The Kier molecular flexibility index (Phi) is 50.2. The zero-order valence-electron chi connectivity index (χ0n) is 85.5. The molecule has 788 valence electrons. The Morgan fingerprint density at radius 1 is 0.450 bits per heavy atom. The van der Waals surface area contributed by atoms with E-state index in [-0.39, 0.29) is 146 Å². The zero-order valence-corrected chi connectivity index (χ0v) is 91.1. The second-order valence-corrected chi connectivity index (χ2v) is 43.9. The molecule has 42 nitrogen and oxygen atoms in total. The van der Waals surface area contributed by atoms with Crippen molar-refractivity contribution in [2.24, 2.45) is 69.9 Å². The molecule has 46 heteroatoms. The normalized spacial score (nSPS) is 29.3. The van der Waals surface area contributed by atoms with Gasteiger partial charge in [0.1, 0.15) is 92.9 Å². The third-order valence-corrected chi connectivity index (χ3v) is 25.2. The molecule has 0 spiro atoms. The van der Waals surface area contributed by atoms with Crippen molar-refractivity contribution in [2.75, 3.05) is 26.2 Å². The van der Waals surface area contributed by atoms with E-state index in [0.717, 1.165) is 51.4 Å². The van der Waals surface area contributed by atoms with Gasteiger partial charge in [0.05, 0.1) is 0 Å². The van der Waals surface area contributed by atoms with Crippen molar-refractivity contribution in [1.29, 1.82) is 0 Å². The van der Waals surface area contributed by atoms with Crippen LogP contribution in [0.5, 0.6) is 0 Å². The first-order chi connectivity index (χ1) is 63.0. The number of amides is 14. The molecule has 0 aromatic rings. The van der Waals surface area contributed by atoms with E-state index in [2.05, 4.69) is 67.4 Å². The molecule has 6 aliphatic heterocycles. The topological polar surface area (TPSA) is 631 Å². The van der Waals surface area contributed by atoms with Gasteiger partial charge in [-0.1, -0.05) is 131 Å². The van der Waals surface area contributed by atoms with E-state index in [1.807, 2.05) is 104 Å². The number of carbonyl (C=O) groups excluding carboxylic acids is 14. The number of aliphatic carboxylic acids is 2. The number of allylic oxidation sites excluding steroid dienone is 2. The summed E-state index contributed by atoms with van der Waals surface area (Å²) in [5.41, 5.74) is -5.37. The molecule has 0 bridgehead atoms. The Bertz CT molecular complexity index is 4380. The number of likely N-dealkylation sites (tertiary alicyclic amines) is 2. The van der Waals surface area contributed by atoms with Crippen molar-refractivity contribution in [2.45, 2.75) is 361 Å². The molecular weight excluding hydrogens is 1960 g/mol. The molecule has 8 fully saturated rings. The van der Waals surface area contributed by atoms with Crippen LogP contribution in [-0.4, -0.2) is 244 Å². The first-order valence-corrected chi connectivity index (χ1v) is 47.0. The summed E-state index contributed by atoms with van der Waals surface area (Å²) in [7, 11) is 0. The summed E-state index contributed by atoms with van der Waals surface area (Å²) in [6.07, 6.45) is 18.9. The second-order valence-electron chi connectivity index (χ2n) is 43.9. The number of carboxylic acids is 2. The summed E-state index contributed by atoms with van der Waals surface area (Å²) >= 11 is 0. The van der Waals surface area contributed by atoms with Gasteiger partial charge < -0.3 is 137 Å². The maximum atomic E-state index is 13.6. The Morgan fingerprint density at radius 2 is 0.771 bits per heavy atom. The zero-order chi connectivity index (χ0) is 103. The number of carbonyl (C=O) groups is 16. The van der Waals surface area contributed by atoms with Gasteiger partial charge in [-0.3, -0.25) is 47.9 Å². The Labute approximate surface area is 872 Å². The molecule has 10 aliphatic rings. The molecule has 0 unspecified atom stereocenters. The average Bonchev–Trinajstić information content (AvgIpc) is 1.57. The summed E-state index contributed by atoms with van der Waals surface area (Å²) < 4.78 is 21.4. The number of nitrogens with two attached hydrogens (primary N) is 2. The van der Waals surface area contributed by atoms with E-state index in [1.165, 1.54) is 25.7 Å². The van der Waals surface area contributed by atoms with Gasteiger partial charge in [-0.15, -0.1) is 13.2 Å². The van der Waals surface area contributed by atoms with Crippen LogP contribution in [0.2, 0.25) is 0 Å². The fourth-order valence-electron chi connectivity index (χ4n) is 18.0. The summed E-state index contributed by atoms with van der Waals surface area (Å²) in [6.45, 7) is 48.5. The van der Waals surface area contributed by atoms with Crippen molar-refractivity contribution in [3.63, 3.8) is 0 Å². The smallest absolute Gasteiger partial charge is 0.408 e. The van der Waals surface area contributed by atoms with Crippen molar-refractivity contribution in [1.82, 2.24) is 73.0 Å². The summed E-state index contributed by atoms with van der Waals surface area (Å²) in [6, 6.07) is -6.55. The molecule has 4 saturated heterocycles. The molecule has 0 aromatic heterocycles. The van der Waals surface area contributed by atoms with Crippen molar-refractivity contribution >= 4 is 95.4 Å². The van der Waals surface area contributed by atoms with Crippen LogP contribution in [0, 0.1) is 58.2 Å². The summed E-state index contributed by atoms with van der Waals surface area (Å²) in [4.78, 5) is 211. The molecule has 140 heavy (non-hydrogen) atoms. The van der Waals surface area contributed by atoms with E-state index >= 15 is 0 Å². The van der Waals surface area contributed by atoms with Gasteiger partial charge in [-0.25, -0.2) is 28.8 Å². The van der Waals surface area contributed by atoms with Gasteiger partial charge in [0.2, 0.25) is 59.1 Å². The van der Waals surface area contributed by atoms with Crippen LogP contribution in [0.1, 0.15) is 268 Å². The van der Waals surface area contributed by atoms with Gasteiger partial charge >= 0.3 is 36.3 Å². The van der Waals surface area contributed by atoms with Gasteiger partial charge in [0.15, 0.2) is 0 Å². The van der Waals surface area contributed by atoms with Crippen molar-refractivity contribution in [3.8, 4) is 0 Å². The van der Waals surface area contributed by atoms with Crippen LogP contribution in [0.4, 0.5) is 19.2 Å². The monoisotopic (exact) mass is 2120 g/mol. The number of nitrogens with one attached hydrogen (secondary N) is 14. The van der Waals surface area contributed by atoms with Crippen LogP contribution < -0.4 is 65.1 Å². The number of ether oxygens (including phenoxy) is 4. The molecule has 20 N–H and O–H groups in total. The van der Waals surface area contributed by atoms with E-state index in [9.17, 15) is 86.9 Å². The molecular formula is C94H156N20O22V4-4. The van der Waals surface area contributed by atoms with Crippen molar-refractivity contribution < 1.29 is 180 Å². The minimum Gasteiger partial charge on any atom is -0.615 e. The SMILES string of the molecule is C=C[C@@H]1C[C@]1(NC(=O)[C@@H]1C[C@@H](C)CN1C(=O)[C@@H](NC(=O)OC(C)(C)C)C(C)(C)C)C(=O)N[NH-].C=C[C@@H]1C[C@]1(NC(=O)[C@@H]1C[C@@H](C)CN1C(=O)[C@@H](NC(=O)OC(C)(C)C)C(C)(C)C)C(=O)O.C[C@@H]1C[C@H]2C(=O)N[C@]3(C(=O)N[NH-])C[C@H]3/C=C\CCCCC[C@H](NC(=O)OC(C)(C)C)C(=O)N2C1.C[C@@H]1C[C@H]2C(=O)N[C@]3(C(=O)O)C[C@H]3/C=C\CCCCC[C@H](NC(=O)OC(C)(C)C)C(=O)N2C1.[NH-]N.[NH-]N.[V].[V].[V].[V]. The summed E-state index contributed by atoms with van der Waals surface area (Å²) in [5, 5.41) is 41.2. The molecule has 14 amide bonds. The van der Waals surface area contributed by atoms with Crippen LogP contribution in [0.25, 0.3) is 23.4 Å². The number of rotatable bonds is 16. The Balaban J connectivity index is 0.000000913. The number of hydrogen-bond donors (Lipinski definition) is 14. The van der Waals surface area contributed by atoms with E-state index in [4.69, 9.17) is 42.3 Å². The molecule has 10 rings (SSSR count). The number of hydrogen-bond acceptors (Lipinski definition) is 22. The molecule has 4 aliphatic carbocycles.